The number of hydrogen-bond donors (Lipinski definition) is 1. The number of nitrogens with zero attached hydrogens (tertiary/aromatic N) is 2. The van der Waals surface area contributed by atoms with Gasteiger partial charge in [0.2, 0.25) is 0 Å². The fourth-order valence-corrected chi connectivity index (χ4v) is 1.17. The van der Waals surface area contributed by atoms with Crippen molar-refractivity contribution in [3.05, 3.63) is 24.5 Å². The van der Waals surface area contributed by atoms with Crippen LogP contribution in [0, 0.1) is 0 Å². The maximum absolute atomic E-state index is 5.43. The quantitative estimate of drug-likeness (QED) is 0.680. The Morgan fingerprint density at radius 2 is 1.92 bits per heavy atom. The predicted octanol–water partition coefficient (Wildman–Crippen LogP) is 0.389. The van der Waals surface area contributed by atoms with E-state index in [1.54, 1.807) is 0 Å². The lowest BCUT2D eigenvalue weighted by molar-refractivity contribution is -0.697. The van der Waals surface area contributed by atoms with Gasteiger partial charge in [-0.3, -0.25) is 0 Å². The van der Waals surface area contributed by atoms with Crippen molar-refractivity contribution in [2.45, 2.75) is 13.0 Å². The van der Waals surface area contributed by atoms with Crippen LogP contribution in [0.1, 0.15) is 6.42 Å². The van der Waals surface area contributed by atoms with Gasteiger partial charge in [0, 0.05) is 38.3 Å². The van der Waals surface area contributed by atoms with E-state index in [0.717, 1.165) is 19.5 Å². The number of aryl methyl sites for hydroxylation is 1. The molecule has 2 N–H and O–H groups in total. The van der Waals surface area contributed by atoms with Gasteiger partial charge in [-0.15, -0.1) is 0 Å². The third kappa shape index (κ3) is 3.03. The first kappa shape index (κ1) is 9.99. The molecule has 0 aromatic carbocycles. The molecule has 1 aromatic rings. The Kier molecular flexibility index (Phi) is 3.71. The normalized spacial score (nSPS) is 10.1. The van der Waals surface area contributed by atoms with Crippen molar-refractivity contribution in [2.75, 3.05) is 25.5 Å². The van der Waals surface area contributed by atoms with Crippen molar-refractivity contribution in [2.24, 2.45) is 5.73 Å². The van der Waals surface area contributed by atoms with E-state index >= 15 is 0 Å². The molecule has 0 aliphatic rings. The van der Waals surface area contributed by atoms with E-state index in [0.29, 0.717) is 0 Å². The highest BCUT2D eigenvalue weighted by molar-refractivity contribution is 5.41. The second-order valence-corrected chi connectivity index (χ2v) is 3.33. The molecule has 0 saturated heterocycles. The number of hydrogen-bond acceptors (Lipinski definition) is 2. The smallest absolute Gasteiger partial charge is 0.170 e. The molecule has 0 bridgehead atoms. The molecule has 1 heterocycles. The molecular weight excluding hydrogens is 162 g/mol. The minimum absolute atomic E-state index is 0.752. The van der Waals surface area contributed by atoms with Gasteiger partial charge in [-0.25, -0.2) is 4.57 Å². The first-order valence-electron chi connectivity index (χ1n) is 4.60. The molecule has 0 unspecified atom stereocenters. The summed E-state index contributed by atoms with van der Waals surface area (Å²) in [7, 11) is 4.08. The van der Waals surface area contributed by atoms with Gasteiger partial charge in [-0.1, -0.05) is 0 Å². The van der Waals surface area contributed by atoms with E-state index in [4.69, 9.17) is 5.73 Å². The zero-order valence-electron chi connectivity index (χ0n) is 8.40. The van der Waals surface area contributed by atoms with Crippen LogP contribution in [0.5, 0.6) is 0 Å². The average Bonchev–Trinajstić information content (AvgIpc) is 2.15. The highest BCUT2D eigenvalue weighted by Crippen LogP contribution is 2.05. The molecule has 13 heavy (non-hydrogen) atoms. The van der Waals surface area contributed by atoms with Gasteiger partial charge >= 0.3 is 0 Å². The van der Waals surface area contributed by atoms with Gasteiger partial charge in [0.15, 0.2) is 12.4 Å². The highest BCUT2D eigenvalue weighted by Gasteiger charge is 2.00. The molecule has 0 aliphatic carbocycles. The summed E-state index contributed by atoms with van der Waals surface area (Å²) in [6.07, 6.45) is 5.21. The topological polar surface area (TPSA) is 33.1 Å². The lowest BCUT2D eigenvalue weighted by atomic mass is 10.3. The lowest BCUT2D eigenvalue weighted by Gasteiger charge is -2.10. The molecule has 0 atom stereocenters. The second-order valence-electron chi connectivity index (χ2n) is 3.33. The largest absolute Gasteiger partial charge is 0.377 e. The summed E-state index contributed by atoms with van der Waals surface area (Å²) >= 11 is 0. The van der Waals surface area contributed by atoms with Gasteiger partial charge in [-0.2, -0.15) is 0 Å². The van der Waals surface area contributed by atoms with Crippen LogP contribution >= 0.6 is 0 Å². The summed E-state index contributed by atoms with van der Waals surface area (Å²) in [4.78, 5) is 2.09. The molecule has 1 aromatic heterocycles. The fraction of sp³-hybridized carbons (Fsp3) is 0.500. The van der Waals surface area contributed by atoms with E-state index in [9.17, 15) is 0 Å². The number of aromatic nitrogens is 1. The molecule has 1 rings (SSSR count). The molecule has 3 heteroatoms. The third-order valence-corrected chi connectivity index (χ3v) is 2.01. The van der Waals surface area contributed by atoms with Crippen LogP contribution in [0.4, 0.5) is 5.69 Å². The van der Waals surface area contributed by atoms with E-state index in [1.807, 2.05) is 14.1 Å². The van der Waals surface area contributed by atoms with Crippen molar-refractivity contribution in [1.82, 2.24) is 0 Å². The fourth-order valence-electron chi connectivity index (χ4n) is 1.17. The molecule has 0 fully saturated rings. The van der Waals surface area contributed by atoms with Crippen molar-refractivity contribution in [1.29, 1.82) is 0 Å². The summed E-state index contributed by atoms with van der Waals surface area (Å²) in [5, 5.41) is 0. The zero-order chi connectivity index (χ0) is 9.68. The van der Waals surface area contributed by atoms with Gasteiger partial charge in [0.25, 0.3) is 0 Å². The molecule has 0 spiro atoms. The number of pyridine rings is 1. The lowest BCUT2D eigenvalue weighted by Crippen LogP contribution is -2.33. The average molecular weight is 180 g/mol. The summed E-state index contributed by atoms with van der Waals surface area (Å²) < 4.78 is 2.15. The van der Waals surface area contributed by atoms with Crippen LogP contribution in [-0.4, -0.2) is 20.6 Å². The Labute approximate surface area is 79.8 Å². The van der Waals surface area contributed by atoms with Gasteiger partial charge in [-0.05, 0) is 6.54 Å². The predicted molar refractivity (Wildman–Crippen MR) is 54.6 cm³/mol. The van der Waals surface area contributed by atoms with Gasteiger partial charge in [0.05, 0.1) is 0 Å². The monoisotopic (exact) mass is 180 g/mol. The Hall–Kier alpha value is -1.09. The molecule has 0 amide bonds. The summed E-state index contributed by atoms with van der Waals surface area (Å²) in [5.41, 5.74) is 6.66. The van der Waals surface area contributed by atoms with Crippen LogP contribution in [0.25, 0.3) is 0 Å². The van der Waals surface area contributed by atoms with Crippen LogP contribution < -0.4 is 15.2 Å². The van der Waals surface area contributed by atoms with Gasteiger partial charge < -0.3 is 10.6 Å². The standard InChI is InChI=1S/C10H18N3/c1-12(2)10-4-8-13(9-5-10)7-3-6-11/h4-5,8-9H,3,6-7,11H2,1-2H3/q+1. The summed E-state index contributed by atoms with van der Waals surface area (Å²) in [6, 6.07) is 4.22. The van der Waals surface area contributed by atoms with Crippen molar-refractivity contribution in [3.8, 4) is 0 Å². The highest BCUT2D eigenvalue weighted by atomic mass is 15.1. The van der Waals surface area contributed by atoms with Gasteiger partial charge in [0.1, 0.15) is 6.54 Å². The Bertz CT molecular complexity index is 241. The van der Waals surface area contributed by atoms with Crippen LogP contribution in [0.15, 0.2) is 24.5 Å². The van der Waals surface area contributed by atoms with E-state index < -0.39 is 0 Å². The maximum atomic E-state index is 5.43. The summed E-state index contributed by atoms with van der Waals surface area (Å²) in [6.45, 7) is 1.76. The van der Waals surface area contributed by atoms with Crippen molar-refractivity contribution < 1.29 is 4.57 Å². The molecule has 3 nitrogen and oxygen atoms in total. The number of anilines is 1. The first-order valence-corrected chi connectivity index (χ1v) is 4.60. The van der Waals surface area contributed by atoms with E-state index in [2.05, 4.69) is 34.0 Å². The Morgan fingerprint density at radius 1 is 1.31 bits per heavy atom. The Balaban J connectivity index is 2.59. The minimum atomic E-state index is 0.752. The Morgan fingerprint density at radius 3 is 2.38 bits per heavy atom. The van der Waals surface area contributed by atoms with E-state index in [-0.39, 0.29) is 0 Å². The van der Waals surface area contributed by atoms with E-state index in [1.165, 1.54) is 5.69 Å². The molecule has 0 saturated carbocycles. The molecular formula is C10H18N3+. The third-order valence-electron chi connectivity index (χ3n) is 2.01. The second kappa shape index (κ2) is 4.82. The SMILES string of the molecule is CN(C)c1cc[n+](CCCN)cc1. The van der Waals surface area contributed by atoms with Crippen LogP contribution in [-0.2, 0) is 6.54 Å². The van der Waals surface area contributed by atoms with Crippen molar-refractivity contribution in [3.63, 3.8) is 0 Å². The van der Waals surface area contributed by atoms with Crippen LogP contribution in [0.2, 0.25) is 0 Å². The number of rotatable bonds is 4. The molecule has 0 aliphatic heterocycles. The van der Waals surface area contributed by atoms with Crippen LogP contribution in [0.3, 0.4) is 0 Å². The minimum Gasteiger partial charge on any atom is -0.377 e. The maximum Gasteiger partial charge on any atom is 0.170 e. The first-order chi connectivity index (χ1) is 6.24. The number of nitrogens with two attached hydrogens (primary N) is 1. The zero-order valence-corrected chi connectivity index (χ0v) is 8.40. The summed E-state index contributed by atoms with van der Waals surface area (Å²) in [5.74, 6) is 0. The molecule has 72 valence electrons. The van der Waals surface area contributed by atoms with Crippen molar-refractivity contribution >= 4 is 5.69 Å². The molecule has 0 radical (unpaired) electrons.